The van der Waals surface area contributed by atoms with Gasteiger partial charge in [0.15, 0.2) is 0 Å². The lowest BCUT2D eigenvalue weighted by Gasteiger charge is -2.10. The van der Waals surface area contributed by atoms with E-state index in [9.17, 15) is 18.0 Å². The van der Waals surface area contributed by atoms with E-state index in [1.54, 1.807) is 25.1 Å². The zero-order valence-corrected chi connectivity index (χ0v) is 14.6. The van der Waals surface area contributed by atoms with Crippen molar-refractivity contribution in [3.63, 3.8) is 0 Å². The lowest BCUT2D eigenvalue weighted by atomic mass is 10.0. The highest BCUT2D eigenvalue weighted by Crippen LogP contribution is 2.25. The summed E-state index contributed by atoms with van der Waals surface area (Å²) in [5.41, 5.74) is 2.79. The minimum atomic E-state index is -4.38. The topological polar surface area (TPSA) is 54.9 Å². The van der Waals surface area contributed by atoms with Crippen LogP contribution in [-0.2, 0) is 0 Å². The number of fused-ring (bicyclic) bond motifs is 1. The quantitative estimate of drug-likeness (QED) is 0.692. The molecule has 1 aromatic heterocycles. The molecule has 27 heavy (non-hydrogen) atoms. The van der Waals surface area contributed by atoms with Crippen LogP contribution in [0.5, 0.6) is 0 Å². The number of nitrogens with one attached hydrogen (secondary N) is 1. The maximum atomic E-state index is 12.5. The van der Waals surface area contributed by atoms with Crippen molar-refractivity contribution in [2.24, 2.45) is 0 Å². The van der Waals surface area contributed by atoms with Gasteiger partial charge in [-0.3, -0.25) is 4.79 Å². The molecule has 3 rings (SSSR count). The molecule has 0 saturated carbocycles. The minimum absolute atomic E-state index is 0.0811. The Morgan fingerprint density at radius 1 is 1.04 bits per heavy atom. The van der Waals surface area contributed by atoms with Crippen LogP contribution >= 0.6 is 0 Å². The van der Waals surface area contributed by atoms with Crippen LogP contribution in [0.3, 0.4) is 0 Å². The molecule has 0 atom stereocenters. The monoisotopic (exact) mass is 371 g/mol. The molecule has 1 heterocycles. The number of nitrogens with zero attached hydrogens (tertiary/aromatic N) is 2. The zero-order chi connectivity index (χ0) is 19.6. The lowest BCUT2D eigenvalue weighted by Crippen LogP contribution is -2.12. The van der Waals surface area contributed by atoms with Crippen LogP contribution in [0, 0.1) is 6.92 Å². The van der Waals surface area contributed by atoms with E-state index in [4.69, 9.17) is 0 Å². The van der Waals surface area contributed by atoms with E-state index in [1.165, 1.54) is 31.2 Å². The molecule has 0 bridgehead atoms. The standard InChI is InChI=1S/C20H16F3N3O/c1-12(11-20(21,22)23)14-6-8-15(9-7-14)19(27)24-17-4-3-5-18-16(17)10-13(2)25-26-18/h3-11H,1-2H3,(H,24,27)/b12-11-. The summed E-state index contributed by atoms with van der Waals surface area (Å²) in [5.74, 6) is -0.360. The Morgan fingerprint density at radius 2 is 1.70 bits per heavy atom. The summed E-state index contributed by atoms with van der Waals surface area (Å²) in [6, 6.07) is 13.1. The summed E-state index contributed by atoms with van der Waals surface area (Å²) in [5, 5.41) is 11.6. The van der Waals surface area contributed by atoms with Crippen LogP contribution in [-0.4, -0.2) is 22.3 Å². The summed E-state index contributed by atoms with van der Waals surface area (Å²) in [7, 11) is 0. The second kappa shape index (κ2) is 7.19. The number of benzene rings is 2. The summed E-state index contributed by atoms with van der Waals surface area (Å²) in [6.45, 7) is 3.18. The maximum absolute atomic E-state index is 12.5. The number of carbonyl (C=O) groups is 1. The number of anilines is 1. The predicted octanol–water partition coefficient (Wildman–Crippen LogP) is 5.16. The molecule has 3 aromatic rings. The largest absolute Gasteiger partial charge is 0.410 e. The fourth-order valence-electron chi connectivity index (χ4n) is 2.68. The Hall–Kier alpha value is -3.22. The predicted molar refractivity (Wildman–Crippen MR) is 98.4 cm³/mol. The van der Waals surface area contributed by atoms with Gasteiger partial charge >= 0.3 is 6.18 Å². The number of aromatic nitrogens is 2. The first-order chi connectivity index (χ1) is 12.7. The fraction of sp³-hybridized carbons (Fsp3) is 0.150. The lowest BCUT2D eigenvalue weighted by molar-refractivity contribution is -0.0793. The highest BCUT2D eigenvalue weighted by Gasteiger charge is 2.23. The summed E-state index contributed by atoms with van der Waals surface area (Å²) >= 11 is 0. The van der Waals surface area contributed by atoms with E-state index < -0.39 is 6.18 Å². The van der Waals surface area contributed by atoms with E-state index >= 15 is 0 Å². The van der Waals surface area contributed by atoms with Gasteiger partial charge in [0.25, 0.3) is 5.91 Å². The SMILES string of the molecule is C/C(=C/C(F)(F)F)c1ccc(C(=O)Nc2cccc3nnc(C)cc23)cc1. The molecule has 7 heteroatoms. The molecule has 0 spiro atoms. The summed E-state index contributed by atoms with van der Waals surface area (Å²) < 4.78 is 37.3. The fourth-order valence-corrected chi connectivity index (χ4v) is 2.68. The summed E-state index contributed by atoms with van der Waals surface area (Å²) in [6.07, 6.45) is -4.14. The molecule has 0 aliphatic heterocycles. The maximum Gasteiger partial charge on any atom is 0.410 e. The Balaban J connectivity index is 1.83. The van der Waals surface area contributed by atoms with Gasteiger partial charge in [-0.15, -0.1) is 0 Å². The van der Waals surface area contributed by atoms with Crippen molar-refractivity contribution in [1.82, 2.24) is 10.2 Å². The van der Waals surface area contributed by atoms with Gasteiger partial charge in [-0.2, -0.15) is 23.4 Å². The number of aryl methyl sites for hydroxylation is 1. The van der Waals surface area contributed by atoms with Crippen molar-refractivity contribution in [3.05, 3.63) is 71.4 Å². The third-order valence-electron chi connectivity index (χ3n) is 3.98. The number of allylic oxidation sites excluding steroid dienone is 2. The molecule has 2 aromatic carbocycles. The molecule has 1 amide bonds. The first-order valence-electron chi connectivity index (χ1n) is 8.14. The molecule has 4 nitrogen and oxygen atoms in total. The Labute approximate surface area is 153 Å². The average Bonchev–Trinajstić information content (AvgIpc) is 2.61. The third-order valence-corrected chi connectivity index (χ3v) is 3.98. The highest BCUT2D eigenvalue weighted by atomic mass is 19.4. The molecule has 138 valence electrons. The van der Waals surface area contributed by atoms with Crippen molar-refractivity contribution in [2.45, 2.75) is 20.0 Å². The number of alkyl halides is 3. The Bertz CT molecular complexity index is 1020. The number of carbonyl (C=O) groups excluding carboxylic acids is 1. The van der Waals surface area contributed by atoms with Gasteiger partial charge in [0.2, 0.25) is 0 Å². The molecular formula is C20H16F3N3O. The first kappa shape index (κ1) is 18.6. The number of halogens is 3. The molecule has 0 saturated heterocycles. The Morgan fingerprint density at radius 3 is 2.37 bits per heavy atom. The first-order valence-corrected chi connectivity index (χ1v) is 8.14. The normalized spacial score (nSPS) is 12.3. The molecule has 0 aliphatic rings. The highest BCUT2D eigenvalue weighted by molar-refractivity contribution is 6.08. The van der Waals surface area contributed by atoms with E-state index in [1.807, 2.05) is 6.07 Å². The Kier molecular flexibility index (Phi) is 4.94. The van der Waals surface area contributed by atoms with Crippen molar-refractivity contribution >= 4 is 28.1 Å². The van der Waals surface area contributed by atoms with Crippen molar-refractivity contribution in [1.29, 1.82) is 0 Å². The van der Waals surface area contributed by atoms with Crippen molar-refractivity contribution < 1.29 is 18.0 Å². The van der Waals surface area contributed by atoms with Gasteiger partial charge in [0.1, 0.15) is 0 Å². The van der Waals surface area contributed by atoms with Crippen LogP contribution < -0.4 is 5.32 Å². The molecule has 0 fully saturated rings. The van der Waals surface area contributed by atoms with Crippen LogP contribution in [0.2, 0.25) is 0 Å². The molecule has 0 aliphatic carbocycles. The van der Waals surface area contributed by atoms with E-state index in [-0.39, 0.29) is 17.6 Å². The van der Waals surface area contributed by atoms with Gasteiger partial charge in [-0.05, 0) is 55.3 Å². The second-order valence-corrected chi connectivity index (χ2v) is 6.12. The van der Waals surface area contributed by atoms with Gasteiger partial charge in [-0.1, -0.05) is 18.2 Å². The van der Waals surface area contributed by atoms with Crippen molar-refractivity contribution in [2.75, 3.05) is 5.32 Å². The van der Waals surface area contributed by atoms with Gasteiger partial charge < -0.3 is 5.32 Å². The number of hydrogen-bond donors (Lipinski definition) is 1. The van der Waals surface area contributed by atoms with E-state index in [0.29, 0.717) is 22.3 Å². The average molecular weight is 371 g/mol. The van der Waals surface area contributed by atoms with Gasteiger partial charge in [-0.25, -0.2) is 0 Å². The minimum Gasteiger partial charge on any atom is -0.321 e. The number of hydrogen-bond acceptors (Lipinski definition) is 3. The third kappa shape index (κ3) is 4.49. The van der Waals surface area contributed by atoms with E-state index in [0.717, 1.165) is 11.1 Å². The van der Waals surface area contributed by atoms with Crippen LogP contribution in [0.1, 0.15) is 28.5 Å². The van der Waals surface area contributed by atoms with Gasteiger partial charge in [0.05, 0.1) is 16.9 Å². The van der Waals surface area contributed by atoms with Crippen molar-refractivity contribution in [3.8, 4) is 0 Å². The summed E-state index contributed by atoms with van der Waals surface area (Å²) in [4.78, 5) is 12.5. The molecule has 0 unspecified atom stereocenters. The van der Waals surface area contributed by atoms with Crippen LogP contribution in [0.25, 0.3) is 16.5 Å². The number of amides is 1. The smallest absolute Gasteiger partial charge is 0.321 e. The van der Waals surface area contributed by atoms with E-state index in [2.05, 4.69) is 15.5 Å². The molecule has 1 N–H and O–H groups in total. The van der Waals surface area contributed by atoms with Gasteiger partial charge in [0, 0.05) is 17.0 Å². The molecule has 0 radical (unpaired) electrons. The van der Waals surface area contributed by atoms with Crippen LogP contribution in [0.15, 0.2) is 54.6 Å². The van der Waals surface area contributed by atoms with Crippen LogP contribution in [0.4, 0.5) is 18.9 Å². The molecular weight excluding hydrogens is 355 g/mol. The number of rotatable bonds is 3. The zero-order valence-electron chi connectivity index (χ0n) is 14.6. The second-order valence-electron chi connectivity index (χ2n) is 6.12.